The van der Waals surface area contributed by atoms with Crippen molar-refractivity contribution in [1.82, 2.24) is 15.0 Å². The van der Waals surface area contributed by atoms with Crippen molar-refractivity contribution < 1.29 is 14.1 Å². The van der Waals surface area contributed by atoms with Gasteiger partial charge in [0, 0.05) is 27.8 Å². The van der Waals surface area contributed by atoms with Crippen LogP contribution in [0.3, 0.4) is 0 Å². The molecular formula is C23H23ClN4O3. The Labute approximate surface area is 185 Å². The molecule has 0 spiro atoms. The first-order valence-corrected chi connectivity index (χ1v) is 10.6. The highest BCUT2D eigenvalue weighted by Gasteiger charge is 2.26. The molecule has 1 aliphatic heterocycles. The number of benzene rings is 2. The first-order chi connectivity index (χ1) is 15.0. The molecule has 1 N–H and O–H groups in total. The van der Waals surface area contributed by atoms with Crippen molar-refractivity contribution in [2.45, 2.75) is 26.3 Å². The van der Waals surface area contributed by atoms with Gasteiger partial charge in [-0.3, -0.25) is 14.5 Å². The lowest BCUT2D eigenvalue weighted by Crippen LogP contribution is -2.37. The SMILES string of the molecule is CC(=O)c1cccc(NC(=O)C2CCN(Cc3nc(-c4cccc(Cl)c4)no3)CC2)c1. The third-order valence-electron chi connectivity index (χ3n) is 5.40. The molecule has 0 radical (unpaired) electrons. The zero-order chi connectivity index (χ0) is 21.8. The number of hydrogen-bond acceptors (Lipinski definition) is 6. The van der Waals surface area contributed by atoms with E-state index in [1.165, 1.54) is 6.92 Å². The van der Waals surface area contributed by atoms with Gasteiger partial charge in [0.05, 0.1) is 6.54 Å². The Kier molecular flexibility index (Phi) is 6.44. The Hall–Kier alpha value is -3.03. The molecule has 0 aliphatic carbocycles. The van der Waals surface area contributed by atoms with Gasteiger partial charge < -0.3 is 9.84 Å². The molecule has 1 saturated heterocycles. The fraction of sp³-hybridized carbons (Fsp3) is 0.304. The van der Waals surface area contributed by atoms with E-state index >= 15 is 0 Å². The van der Waals surface area contributed by atoms with E-state index in [0.717, 1.165) is 31.5 Å². The summed E-state index contributed by atoms with van der Waals surface area (Å²) in [6, 6.07) is 14.4. The van der Waals surface area contributed by atoms with Crippen molar-refractivity contribution in [3.63, 3.8) is 0 Å². The highest BCUT2D eigenvalue weighted by molar-refractivity contribution is 6.30. The second-order valence-electron chi connectivity index (χ2n) is 7.70. The van der Waals surface area contributed by atoms with Crippen LogP contribution in [0, 0.1) is 5.92 Å². The van der Waals surface area contributed by atoms with Crippen LogP contribution < -0.4 is 5.32 Å². The first kappa shape index (κ1) is 21.2. The van der Waals surface area contributed by atoms with Gasteiger partial charge >= 0.3 is 0 Å². The standard InChI is InChI=1S/C23H23ClN4O3/c1-15(29)17-4-3-7-20(13-17)25-23(30)16-8-10-28(11-9-16)14-21-26-22(27-31-21)18-5-2-6-19(24)12-18/h2-7,12-13,16H,8-11,14H2,1H3,(H,25,30). The molecular weight excluding hydrogens is 416 g/mol. The number of ketones is 1. The number of carbonyl (C=O) groups is 2. The molecule has 2 heterocycles. The summed E-state index contributed by atoms with van der Waals surface area (Å²) in [5.74, 6) is 0.950. The first-order valence-electron chi connectivity index (χ1n) is 10.2. The van der Waals surface area contributed by atoms with E-state index in [0.29, 0.717) is 34.5 Å². The van der Waals surface area contributed by atoms with E-state index < -0.39 is 0 Å². The number of anilines is 1. The molecule has 0 bridgehead atoms. The summed E-state index contributed by atoms with van der Waals surface area (Å²) in [6.45, 7) is 3.58. The number of amides is 1. The van der Waals surface area contributed by atoms with Crippen LogP contribution in [0.4, 0.5) is 5.69 Å². The Morgan fingerprint density at radius 3 is 2.68 bits per heavy atom. The van der Waals surface area contributed by atoms with Crippen LogP contribution in [0.2, 0.25) is 5.02 Å². The second-order valence-corrected chi connectivity index (χ2v) is 8.14. The van der Waals surface area contributed by atoms with Crippen molar-refractivity contribution in [3.8, 4) is 11.4 Å². The van der Waals surface area contributed by atoms with Crippen LogP contribution in [0.1, 0.15) is 36.0 Å². The molecule has 8 heteroatoms. The average Bonchev–Trinajstić information content (AvgIpc) is 3.23. The minimum absolute atomic E-state index is 0.0126. The van der Waals surface area contributed by atoms with Gasteiger partial charge in [-0.1, -0.05) is 41.0 Å². The maximum Gasteiger partial charge on any atom is 0.241 e. The van der Waals surface area contributed by atoms with Crippen molar-refractivity contribution in [2.75, 3.05) is 18.4 Å². The summed E-state index contributed by atoms with van der Waals surface area (Å²) in [6.07, 6.45) is 1.49. The third kappa shape index (κ3) is 5.37. The summed E-state index contributed by atoms with van der Waals surface area (Å²) in [5, 5.41) is 7.60. The number of likely N-dealkylation sites (tertiary alicyclic amines) is 1. The number of Topliss-reactive ketones (excluding diaryl/α,β-unsaturated/α-hetero) is 1. The Morgan fingerprint density at radius 2 is 1.94 bits per heavy atom. The average molecular weight is 439 g/mol. The molecule has 0 saturated carbocycles. The number of halogens is 1. The van der Waals surface area contributed by atoms with E-state index in [4.69, 9.17) is 16.1 Å². The third-order valence-corrected chi connectivity index (χ3v) is 5.64. The second kappa shape index (κ2) is 9.41. The summed E-state index contributed by atoms with van der Waals surface area (Å²) in [7, 11) is 0. The van der Waals surface area contributed by atoms with Gasteiger partial charge in [-0.2, -0.15) is 4.98 Å². The lowest BCUT2D eigenvalue weighted by molar-refractivity contribution is -0.121. The number of nitrogens with zero attached hydrogens (tertiary/aromatic N) is 3. The smallest absolute Gasteiger partial charge is 0.241 e. The summed E-state index contributed by atoms with van der Waals surface area (Å²) < 4.78 is 5.39. The molecule has 3 aromatic rings. The molecule has 1 aliphatic rings. The predicted molar refractivity (Wildman–Crippen MR) is 118 cm³/mol. The van der Waals surface area contributed by atoms with Gasteiger partial charge in [-0.05, 0) is 57.1 Å². The van der Waals surface area contributed by atoms with Gasteiger partial charge in [0.25, 0.3) is 0 Å². The molecule has 4 rings (SSSR count). The Morgan fingerprint density at radius 1 is 1.16 bits per heavy atom. The van der Waals surface area contributed by atoms with E-state index in [9.17, 15) is 9.59 Å². The number of aromatic nitrogens is 2. The van der Waals surface area contributed by atoms with Crippen LogP contribution in [0.5, 0.6) is 0 Å². The number of carbonyl (C=O) groups excluding carboxylic acids is 2. The molecule has 2 aromatic carbocycles. The maximum atomic E-state index is 12.6. The molecule has 31 heavy (non-hydrogen) atoms. The summed E-state index contributed by atoms with van der Waals surface area (Å²) in [5.41, 5.74) is 2.05. The molecule has 1 aromatic heterocycles. The quantitative estimate of drug-likeness (QED) is 0.572. The van der Waals surface area contributed by atoms with Gasteiger partial charge in [0.2, 0.25) is 17.6 Å². The summed E-state index contributed by atoms with van der Waals surface area (Å²) in [4.78, 5) is 30.8. The largest absolute Gasteiger partial charge is 0.338 e. The van der Waals surface area contributed by atoms with E-state index in [2.05, 4.69) is 20.4 Å². The van der Waals surface area contributed by atoms with Gasteiger partial charge in [0.1, 0.15) is 0 Å². The normalized spacial score (nSPS) is 15.0. The van der Waals surface area contributed by atoms with Gasteiger partial charge in [0.15, 0.2) is 5.78 Å². The van der Waals surface area contributed by atoms with E-state index in [1.807, 2.05) is 12.1 Å². The van der Waals surface area contributed by atoms with Crippen molar-refractivity contribution >= 4 is 29.0 Å². The number of rotatable bonds is 6. The molecule has 1 fully saturated rings. The van der Waals surface area contributed by atoms with E-state index in [1.54, 1.807) is 36.4 Å². The fourth-order valence-corrected chi connectivity index (χ4v) is 3.86. The van der Waals surface area contributed by atoms with Crippen LogP contribution in [0.15, 0.2) is 53.1 Å². The van der Waals surface area contributed by atoms with Gasteiger partial charge in [-0.25, -0.2) is 0 Å². The zero-order valence-electron chi connectivity index (χ0n) is 17.2. The Balaban J connectivity index is 1.29. The topological polar surface area (TPSA) is 88.3 Å². The molecule has 0 atom stereocenters. The maximum absolute atomic E-state index is 12.6. The van der Waals surface area contributed by atoms with Crippen molar-refractivity contribution in [1.29, 1.82) is 0 Å². The minimum atomic E-state index is -0.0676. The molecule has 0 unspecified atom stereocenters. The Bertz CT molecular complexity index is 1090. The fourth-order valence-electron chi connectivity index (χ4n) is 3.67. The van der Waals surface area contributed by atoms with Crippen LogP contribution in [-0.2, 0) is 11.3 Å². The lowest BCUT2D eigenvalue weighted by Gasteiger charge is -2.30. The van der Waals surface area contributed by atoms with Crippen molar-refractivity contribution in [2.24, 2.45) is 5.92 Å². The van der Waals surface area contributed by atoms with Crippen LogP contribution >= 0.6 is 11.6 Å². The molecule has 7 nitrogen and oxygen atoms in total. The number of hydrogen-bond donors (Lipinski definition) is 1. The molecule has 160 valence electrons. The highest BCUT2D eigenvalue weighted by Crippen LogP contribution is 2.23. The lowest BCUT2D eigenvalue weighted by atomic mass is 9.95. The van der Waals surface area contributed by atoms with E-state index in [-0.39, 0.29) is 17.6 Å². The minimum Gasteiger partial charge on any atom is -0.338 e. The zero-order valence-corrected chi connectivity index (χ0v) is 17.9. The summed E-state index contributed by atoms with van der Waals surface area (Å²) >= 11 is 6.03. The number of nitrogens with one attached hydrogen (secondary N) is 1. The van der Waals surface area contributed by atoms with Crippen LogP contribution in [0.25, 0.3) is 11.4 Å². The van der Waals surface area contributed by atoms with Crippen LogP contribution in [-0.4, -0.2) is 39.8 Å². The monoisotopic (exact) mass is 438 g/mol. The highest BCUT2D eigenvalue weighted by atomic mass is 35.5. The number of piperidine rings is 1. The molecule has 1 amide bonds. The van der Waals surface area contributed by atoms with Gasteiger partial charge in [-0.15, -0.1) is 0 Å². The predicted octanol–water partition coefficient (Wildman–Crippen LogP) is 4.44. The van der Waals surface area contributed by atoms with Crippen molar-refractivity contribution in [3.05, 3.63) is 65.0 Å².